The average molecular weight is 274 g/mol. The molecule has 1 heterocycles. The van der Waals surface area contributed by atoms with Gasteiger partial charge in [-0.15, -0.1) is 0 Å². The summed E-state index contributed by atoms with van der Waals surface area (Å²) in [5.74, 6) is -1.44. The Kier molecular flexibility index (Phi) is 5.56. The summed E-state index contributed by atoms with van der Waals surface area (Å²) in [5.41, 5.74) is -0.547. The van der Waals surface area contributed by atoms with Crippen molar-refractivity contribution in [1.82, 2.24) is 10.6 Å². The first-order valence-corrected chi connectivity index (χ1v) is 6.28. The van der Waals surface area contributed by atoms with Gasteiger partial charge in [-0.1, -0.05) is 0 Å². The summed E-state index contributed by atoms with van der Waals surface area (Å²) in [6.45, 7) is 6.53. The smallest absolute Gasteiger partial charge is 0.407 e. The lowest BCUT2D eigenvalue weighted by Gasteiger charge is -2.26. The van der Waals surface area contributed by atoms with Crippen LogP contribution in [-0.4, -0.2) is 55.1 Å². The van der Waals surface area contributed by atoms with Gasteiger partial charge in [0.05, 0.1) is 25.2 Å². The molecule has 2 unspecified atom stereocenters. The number of carbonyl (C=O) groups excluding carboxylic acids is 1. The number of ether oxygens (including phenoxy) is 2. The van der Waals surface area contributed by atoms with Crippen molar-refractivity contribution in [2.24, 2.45) is 5.92 Å². The monoisotopic (exact) mass is 274 g/mol. The lowest BCUT2D eigenvalue weighted by molar-refractivity contribution is -0.144. The molecule has 0 aromatic rings. The number of nitrogens with one attached hydrogen (secondary N) is 2. The van der Waals surface area contributed by atoms with Gasteiger partial charge in [-0.2, -0.15) is 0 Å². The van der Waals surface area contributed by atoms with Crippen molar-refractivity contribution in [1.29, 1.82) is 0 Å². The van der Waals surface area contributed by atoms with Crippen molar-refractivity contribution in [3.8, 4) is 0 Å². The van der Waals surface area contributed by atoms with E-state index in [1.165, 1.54) is 0 Å². The first-order chi connectivity index (χ1) is 8.78. The molecular weight excluding hydrogens is 252 g/mol. The zero-order valence-electron chi connectivity index (χ0n) is 11.6. The molecule has 1 fully saturated rings. The topological polar surface area (TPSA) is 96.9 Å². The molecule has 0 aromatic heterocycles. The largest absolute Gasteiger partial charge is 0.481 e. The van der Waals surface area contributed by atoms with Crippen molar-refractivity contribution in [3.05, 3.63) is 0 Å². The maximum Gasteiger partial charge on any atom is 0.407 e. The lowest BCUT2D eigenvalue weighted by atomic mass is 10.1. The van der Waals surface area contributed by atoms with Crippen LogP contribution in [0, 0.1) is 5.92 Å². The Morgan fingerprint density at radius 1 is 1.32 bits per heavy atom. The Morgan fingerprint density at radius 3 is 2.58 bits per heavy atom. The summed E-state index contributed by atoms with van der Waals surface area (Å²) in [4.78, 5) is 22.4. The fraction of sp³-hybridized carbons (Fsp3) is 0.833. The third kappa shape index (κ3) is 6.40. The number of carboxylic acids is 1. The molecule has 0 aliphatic carbocycles. The van der Waals surface area contributed by atoms with E-state index in [9.17, 15) is 9.59 Å². The Labute approximate surface area is 112 Å². The van der Waals surface area contributed by atoms with Crippen molar-refractivity contribution >= 4 is 12.1 Å². The van der Waals surface area contributed by atoms with E-state index in [4.69, 9.17) is 14.6 Å². The maximum absolute atomic E-state index is 11.6. The maximum atomic E-state index is 11.6. The summed E-state index contributed by atoms with van der Waals surface area (Å²) < 4.78 is 10.4. The number of alkyl carbamates (subject to hydrolysis) is 1. The fourth-order valence-corrected chi connectivity index (χ4v) is 1.63. The number of rotatable bonds is 2. The normalized spacial score (nSPS) is 25.0. The van der Waals surface area contributed by atoms with Gasteiger partial charge in [-0.25, -0.2) is 4.79 Å². The van der Waals surface area contributed by atoms with E-state index in [1.54, 1.807) is 20.8 Å². The van der Waals surface area contributed by atoms with Crippen LogP contribution in [-0.2, 0) is 14.3 Å². The molecule has 19 heavy (non-hydrogen) atoms. The van der Waals surface area contributed by atoms with Crippen LogP contribution in [0.2, 0.25) is 0 Å². The van der Waals surface area contributed by atoms with Gasteiger partial charge in [0.15, 0.2) is 0 Å². The minimum Gasteiger partial charge on any atom is -0.481 e. The first kappa shape index (κ1) is 15.7. The van der Waals surface area contributed by atoms with E-state index in [-0.39, 0.29) is 19.3 Å². The third-order valence-corrected chi connectivity index (χ3v) is 2.49. The van der Waals surface area contributed by atoms with Crippen molar-refractivity contribution in [2.45, 2.75) is 32.4 Å². The zero-order valence-corrected chi connectivity index (χ0v) is 11.6. The van der Waals surface area contributed by atoms with Gasteiger partial charge in [0, 0.05) is 13.1 Å². The van der Waals surface area contributed by atoms with Gasteiger partial charge in [0.1, 0.15) is 5.60 Å². The van der Waals surface area contributed by atoms with Crippen LogP contribution in [0.3, 0.4) is 0 Å². The SMILES string of the molecule is CC(C)(C)OC(=O)NC1CNCC(C(=O)O)COC1. The predicted octanol–water partition coefficient (Wildman–Crippen LogP) is 0.200. The van der Waals surface area contributed by atoms with Crippen molar-refractivity contribution in [3.63, 3.8) is 0 Å². The van der Waals surface area contributed by atoms with E-state index in [0.29, 0.717) is 13.1 Å². The second-order valence-electron chi connectivity index (χ2n) is 5.57. The third-order valence-electron chi connectivity index (χ3n) is 2.49. The molecule has 1 saturated heterocycles. The second kappa shape index (κ2) is 6.72. The standard InChI is InChI=1S/C12H22N2O5/c1-12(2,3)19-11(17)14-9-5-13-4-8(10(15)16)6-18-7-9/h8-9,13H,4-7H2,1-3H3,(H,14,17)(H,15,16). The Bertz CT molecular complexity index is 317. The molecule has 7 nitrogen and oxygen atoms in total. The highest BCUT2D eigenvalue weighted by atomic mass is 16.6. The molecule has 110 valence electrons. The number of carbonyl (C=O) groups is 2. The highest BCUT2D eigenvalue weighted by Crippen LogP contribution is 2.07. The molecule has 1 aliphatic heterocycles. The molecule has 0 saturated carbocycles. The number of aliphatic carboxylic acids is 1. The molecule has 1 aliphatic rings. The van der Waals surface area contributed by atoms with E-state index < -0.39 is 23.6 Å². The van der Waals surface area contributed by atoms with Gasteiger partial charge >= 0.3 is 12.1 Å². The predicted molar refractivity (Wildman–Crippen MR) is 68.0 cm³/mol. The number of amides is 1. The molecular formula is C12H22N2O5. The van der Waals surface area contributed by atoms with Gasteiger partial charge in [-0.3, -0.25) is 4.79 Å². The number of hydrogen-bond donors (Lipinski definition) is 3. The van der Waals surface area contributed by atoms with Gasteiger partial charge in [-0.05, 0) is 20.8 Å². The highest BCUT2D eigenvalue weighted by Gasteiger charge is 2.24. The van der Waals surface area contributed by atoms with Crippen molar-refractivity contribution in [2.75, 3.05) is 26.3 Å². The Balaban J connectivity index is 2.37. The lowest BCUT2D eigenvalue weighted by Crippen LogP contribution is -2.50. The molecule has 3 N–H and O–H groups in total. The fourth-order valence-electron chi connectivity index (χ4n) is 1.63. The van der Waals surface area contributed by atoms with Gasteiger partial charge < -0.3 is 25.2 Å². The van der Waals surface area contributed by atoms with Crippen LogP contribution in [0.5, 0.6) is 0 Å². The van der Waals surface area contributed by atoms with E-state index in [0.717, 1.165) is 0 Å². The molecule has 2 atom stereocenters. The average Bonchev–Trinajstić information content (AvgIpc) is 2.18. The Hall–Kier alpha value is -1.34. The van der Waals surface area contributed by atoms with Crippen LogP contribution >= 0.6 is 0 Å². The van der Waals surface area contributed by atoms with E-state index >= 15 is 0 Å². The van der Waals surface area contributed by atoms with Crippen LogP contribution in [0.1, 0.15) is 20.8 Å². The second-order valence-corrected chi connectivity index (χ2v) is 5.57. The van der Waals surface area contributed by atoms with Crippen LogP contribution < -0.4 is 10.6 Å². The van der Waals surface area contributed by atoms with Crippen molar-refractivity contribution < 1.29 is 24.2 Å². The number of hydrogen-bond acceptors (Lipinski definition) is 5. The first-order valence-electron chi connectivity index (χ1n) is 6.28. The summed E-state index contributed by atoms with van der Waals surface area (Å²) in [7, 11) is 0. The molecule has 0 bridgehead atoms. The summed E-state index contributed by atoms with van der Waals surface area (Å²) in [5, 5.41) is 14.6. The van der Waals surface area contributed by atoms with Crippen LogP contribution in [0.25, 0.3) is 0 Å². The molecule has 1 rings (SSSR count). The molecule has 0 aromatic carbocycles. The number of carboxylic acid groups (broad SMARTS) is 1. The molecule has 0 spiro atoms. The Morgan fingerprint density at radius 2 is 2.00 bits per heavy atom. The van der Waals surface area contributed by atoms with Gasteiger partial charge in [0.2, 0.25) is 0 Å². The zero-order chi connectivity index (χ0) is 14.5. The highest BCUT2D eigenvalue weighted by molar-refractivity contribution is 5.70. The van der Waals surface area contributed by atoms with Crippen LogP contribution in [0.4, 0.5) is 4.79 Å². The minimum atomic E-state index is -0.883. The molecule has 7 heteroatoms. The summed E-state index contributed by atoms with van der Waals surface area (Å²) >= 11 is 0. The molecule has 0 radical (unpaired) electrons. The van der Waals surface area contributed by atoms with E-state index in [1.807, 2.05) is 0 Å². The summed E-state index contributed by atoms with van der Waals surface area (Å²) in [6.07, 6.45) is -0.502. The quantitative estimate of drug-likeness (QED) is 0.665. The van der Waals surface area contributed by atoms with Gasteiger partial charge in [0.25, 0.3) is 0 Å². The van der Waals surface area contributed by atoms with E-state index in [2.05, 4.69) is 10.6 Å². The summed E-state index contributed by atoms with van der Waals surface area (Å²) in [6, 6.07) is -0.232. The minimum absolute atomic E-state index is 0.134. The van der Waals surface area contributed by atoms with Crippen LogP contribution in [0.15, 0.2) is 0 Å². The molecule has 1 amide bonds.